The molecule has 0 aliphatic rings. The molecule has 3 aromatic carbocycles. The molecular weight excluding hydrogens is 610 g/mol. The summed E-state index contributed by atoms with van der Waals surface area (Å²) in [5.41, 5.74) is -3.62. The Morgan fingerprint density at radius 1 is 1.04 bits per heavy atom. The smallest absolute Gasteiger partial charge is 0.345 e. The van der Waals surface area contributed by atoms with Crippen molar-refractivity contribution >= 4 is 38.8 Å². The number of hydrogen-bond acceptors (Lipinski definition) is 7. The number of amides is 1. The number of sulfonamides is 1. The predicted octanol–water partition coefficient (Wildman–Crippen LogP) is 3.66. The number of rotatable bonds is 10. The lowest BCUT2D eigenvalue weighted by Gasteiger charge is -2.35. The number of aliphatic carboxylic acids is 1. The molecule has 0 saturated carbocycles. The van der Waals surface area contributed by atoms with Crippen molar-refractivity contribution in [1.29, 1.82) is 0 Å². The van der Waals surface area contributed by atoms with Gasteiger partial charge < -0.3 is 25.3 Å². The van der Waals surface area contributed by atoms with Crippen molar-refractivity contribution in [3.8, 4) is 11.1 Å². The first-order valence-corrected chi connectivity index (χ1v) is 14.8. The van der Waals surface area contributed by atoms with Crippen LogP contribution in [-0.2, 0) is 21.4 Å². The normalized spacial score (nSPS) is 12.9. The second kappa shape index (κ2) is 11.9. The fourth-order valence-corrected chi connectivity index (χ4v) is 5.97. The fourth-order valence-electron chi connectivity index (χ4n) is 4.61. The van der Waals surface area contributed by atoms with Gasteiger partial charge in [-0.2, -0.15) is 4.72 Å². The maximum Gasteiger partial charge on any atom is 0.345 e. The number of carbonyl (C=O) groups is 2. The van der Waals surface area contributed by atoms with E-state index in [1.54, 1.807) is 12.1 Å². The third-order valence-corrected chi connectivity index (χ3v) is 8.88. The molecule has 15 heteroatoms. The lowest BCUT2D eigenvalue weighted by atomic mass is 10.1. The summed E-state index contributed by atoms with van der Waals surface area (Å²) in [5, 5.41) is 12.2. The molecule has 5 rings (SSSR count). The lowest BCUT2D eigenvalue weighted by molar-refractivity contribution is -0.149. The first-order valence-electron chi connectivity index (χ1n) is 13.3. The first kappa shape index (κ1) is 31.0. The predicted molar refractivity (Wildman–Crippen MR) is 161 cm³/mol. The van der Waals surface area contributed by atoms with Gasteiger partial charge in [-0.05, 0) is 36.2 Å². The summed E-state index contributed by atoms with van der Waals surface area (Å²) in [5.74, 6) is -4.90. The Labute approximate surface area is 254 Å². The Bertz CT molecular complexity index is 2070. The molecule has 5 aromatic rings. The number of aromatic amines is 2. The summed E-state index contributed by atoms with van der Waals surface area (Å²) in [6, 6.07) is 15.5. The average molecular weight is 637 g/mol. The molecule has 232 valence electrons. The van der Waals surface area contributed by atoms with Gasteiger partial charge in [-0.15, -0.1) is 0 Å². The van der Waals surface area contributed by atoms with Crippen LogP contribution in [0.15, 0.2) is 88.9 Å². The molecular formula is C30H26F2N6O6S. The minimum Gasteiger partial charge on any atom is -0.478 e. The van der Waals surface area contributed by atoms with Crippen LogP contribution in [0.5, 0.6) is 0 Å². The lowest BCUT2D eigenvalue weighted by Crippen LogP contribution is -2.64. The summed E-state index contributed by atoms with van der Waals surface area (Å²) >= 11 is 0. The van der Waals surface area contributed by atoms with Crippen LogP contribution in [0.2, 0.25) is 0 Å². The summed E-state index contributed by atoms with van der Waals surface area (Å²) in [6.07, 6.45) is 3.80. The van der Waals surface area contributed by atoms with Gasteiger partial charge in [0.05, 0.1) is 15.8 Å². The van der Waals surface area contributed by atoms with Gasteiger partial charge in [-0.1, -0.05) is 42.5 Å². The van der Waals surface area contributed by atoms with Crippen LogP contribution >= 0.6 is 0 Å². The number of nitrogens with zero attached hydrogens (tertiary/aromatic N) is 2. The zero-order valence-corrected chi connectivity index (χ0v) is 24.6. The van der Waals surface area contributed by atoms with Crippen LogP contribution < -0.4 is 15.5 Å². The van der Waals surface area contributed by atoms with Crippen molar-refractivity contribution in [3.05, 3.63) is 112 Å². The molecule has 5 N–H and O–H groups in total. The molecule has 0 aliphatic heterocycles. The van der Waals surface area contributed by atoms with Crippen molar-refractivity contribution in [1.82, 2.24) is 24.6 Å². The number of aromatic nitrogens is 3. The van der Waals surface area contributed by atoms with Crippen LogP contribution in [-0.4, -0.2) is 58.0 Å². The minimum atomic E-state index is -4.53. The van der Waals surface area contributed by atoms with E-state index in [0.29, 0.717) is 10.5 Å². The molecule has 2 aromatic heterocycles. The molecule has 0 fully saturated rings. The van der Waals surface area contributed by atoms with Crippen LogP contribution in [0.3, 0.4) is 0 Å². The molecule has 1 amide bonds. The van der Waals surface area contributed by atoms with Gasteiger partial charge in [0.15, 0.2) is 11.8 Å². The van der Waals surface area contributed by atoms with Gasteiger partial charge in [0.2, 0.25) is 21.1 Å². The Balaban J connectivity index is 1.43. The molecule has 0 bridgehead atoms. The largest absolute Gasteiger partial charge is 0.478 e. The molecule has 1 unspecified atom stereocenters. The standard InChI is InChI=1S/C30H26F2N6O6S/c1-30(28(41)42,37-45(43,44)19-10-8-18(9-11-19)17-6-4-3-5-7-17)38(2)27(40)22-16-35-25-20(26(22)39)14-23(31)21(24(25)32)15-36-29-33-12-13-34-29/h3-14,16,37H,15H2,1-2H3,(H,35,39)(H,41,42)(H2,33,34,36). The molecule has 0 saturated heterocycles. The molecule has 0 aliphatic carbocycles. The fraction of sp³-hybridized carbons (Fsp3) is 0.133. The van der Waals surface area contributed by atoms with E-state index < -0.39 is 66.7 Å². The molecule has 1 atom stereocenters. The number of likely N-dealkylation sites (N-methyl/N-ethyl adjacent to an activating group) is 1. The summed E-state index contributed by atoms with van der Waals surface area (Å²) in [7, 11) is -3.55. The Hall–Kier alpha value is -5.41. The molecule has 2 heterocycles. The molecule has 45 heavy (non-hydrogen) atoms. The van der Waals surface area contributed by atoms with E-state index in [2.05, 4.69) is 20.3 Å². The highest BCUT2D eigenvalue weighted by atomic mass is 32.2. The number of halogens is 2. The minimum absolute atomic E-state index is 0.257. The van der Waals surface area contributed by atoms with Crippen molar-refractivity contribution in [2.75, 3.05) is 12.4 Å². The quantitative estimate of drug-likeness (QED) is 0.144. The molecule has 12 nitrogen and oxygen atoms in total. The Morgan fingerprint density at radius 2 is 1.71 bits per heavy atom. The average Bonchev–Trinajstić information content (AvgIpc) is 3.55. The van der Waals surface area contributed by atoms with Gasteiger partial charge in [0.25, 0.3) is 5.91 Å². The summed E-state index contributed by atoms with van der Waals surface area (Å²) in [4.78, 5) is 48.5. The van der Waals surface area contributed by atoms with Crippen molar-refractivity contribution in [3.63, 3.8) is 0 Å². The van der Waals surface area contributed by atoms with Gasteiger partial charge in [0.1, 0.15) is 11.4 Å². The number of carbonyl (C=O) groups excluding carboxylic acids is 1. The third-order valence-electron chi connectivity index (χ3n) is 7.32. The number of hydrogen-bond donors (Lipinski definition) is 5. The zero-order valence-electron chi connectivity index (χ0n) is 23.8. The van der Waals surface area contributed by atoms with Crippen LogP contribution in [0.4, 0.5) is 14.7 Å². The molecule has 0 spiro atoms. The van der Waals surface area contributed by atoms with Gasteiger partial charge in [0, 0.05) is 37.7 Å². The highest BCUT2D eigenvalue weighted by Gasteiger charge is 2.45. The van der Waals surface area contributed by atoms with Crippen molar-refractivity contribution in [2.45, 2.75) is 24.0 Å². The van der Waals surface area contributed by atoms with E-state index >= 15 is 4.39 Å². The number of benzene rings is 3. The first-order chi connectivity index (χ1) is 21.3. The van der Waals surface area contributed by atoms with Crippen LogP contribution in [0.1, 0.15) is 22.8 Å². The van der Waals surface area contributed by atoms with E-state index in [1.807, 2.05) is 35.1 Å². The summed E-state index contributed by atoms with van der Waals surface area (Å²) < 4.78 is 58.8. The van der Waals surface area contributed by atoms with Crippen molar-refractivity contribution < 1.29 is 31.9 Å². The van der Waals surface area contributed by atoms with E-state index in [4.69, 9.17) is 0 Å². The second-order valence-corrected chi connectivity index (χ2v) is 11.8. The van der Waals surface area contributed by atoms with E-state index in [0.717, 1.165) is 31.8 Å². The number of carboxylic acid groups (broad SMARTS) is 1. The number of carboxylic acids is 1. The number of imidazole rings is 1. The van der Waals surface area contributed by atoms with Crippen LogP contribution in [0.25, 0.3) is 22.0 Å². The van der Waals surface area contributed by atoms with Gasteiger partial charge in [-0.3, -0.25) is 9.59 Å². The number of nitrogens with one attached hydrogen (secondary N) is 4. The van der Waals surface area contributed by atoms with Gasteiger partial charge in [-0.25, -0.2) is 27.0 Å². The van der Waals surface area contributed by atoms with E-state index in [9.17, 15) is 32.3 Å². The second-order valence-electron chi connectivity index (χ2n) is 10.1. The highest BCUT2D eigenvalue weighted by molar-refractivity contribution is 7.89. The van der Waals surface area contributed by atoms with Gasteiger partial charge >= 0.3 is 5.97 Å². The Kier molecular flexibility index (Phi) is 8.23. The maximum atomic E-state index is 15.3. The summed E-state index contributed by atoms with van der Waals surface area (Å²) in [6.45, 7) is 0.606. The zero-order chi connectivity index (χ0) is 32.5. The van der Waals surface area contributed by atoms with Crippen LogP contribution in [0, 0.1) is 11.6 Å². The highest BCUT2D eigenvalue weighted by Crippen LogP contribution is 2.25. The third kappa shape index (κ3) is 5.90. The number of anilines is 1. The number of fused-ring (bicyclic) bond motifs is 1. The maximum absolute atomic E-state index is 15.3. The molecule has 0 radical (unpaired) electrons. The van der Waals surface area contributed by atoms with E-state index in [-0.39, 0.29) is 17.4 Å². The van der Waals surface area contributed by atoms with Crippen molar-refractivity contribution in [2.24, 2.45) is 0 Å². The monoisotopic (exact) mass is 636 g/mol. The Morgan fingerprint density at radius 3 is 2.33 bits per heavy atom. The SMILES string of the molecule is CN(C(=O)c1c[nH]c2c(F)c(CNc3ncc[nH]3)c(F)cc2c1=O)C(C)(NS(=O)(=O)c1ccc(-c2ccccc2)cc1)C(=O)O. The number of pyridine rings is 1. The topological polar surface area (TPSA) is 177 Å². The van der Waals surface area contributed by atoms with E-state index in [1.165, 1.54) is 24.5 Å². The number of H-pyrrole nitrogens is 2.